The number of aromatic nitrogens is 2. The number of hydrogen-bond donors (Lipinski definition) is 2. The molecule has 1 aromatic heterocycles. The number of rotatable bonds is 4. The van der Waals surface area contributed by atoms with Crippen molar-refractivity contribution in [1.29, 1.82) is 0 Å². The number of aliphatic hydroxyl groups excluding tert-OH is 1. The lowest BCUT2D eigenvalue weighted by Gasteiger charge is -2.07. The smallest absolute Gasteiger partial charge is 0.204 e. The van der Waals surface area contributed by atoms with Gasteiger partial charge in [0, 0.05) is 20.1 Å². The summed E-state index contributed by atoms with van der Waals surface area (Å²) in [7, 11) is 1.79. The Morgan fingerprint density at radius 3 is 2.64 bits per heavy atom. The Labute approximate surface area is 92.8 Å². The van der Waals surface area contributed by atoms with Crippen molar-refractivity contribution in [2.75, 3.05) is 6.54 Å². The first kappa shape index (κ1) is 11.8. The van der Waals surface area contributed by atoms with E-state index in [1.54, 1.807) is 18.5 Å². The maximum atomic E-state index is 9.03. The summed E-state index contributed by atoms with van der Waals surface area (Å²) in [6.45, 7) is 2.77. The fourth-order valence-corrected chi connectivity index (χ4v) is 1.56. The summed E-state index contributed by atoms with van der Waals surface area (Å²) in [5, 5.41) is 12.8. The van der Waals surface area contributed by atoms with Crippen LogP contribution in [0.4, 0.5) is 0 Å². The molecule has 2 N–H and O–H groups in total. The van der Waals surface area contributed by atoms with Crippen LogP contribution in [-0.4, -0.2) is 27.3 Å². The molecule has 0 unspecified atom stereocenters. The average molecular weight is 238 g/mol. The Hall–Kier alpha value is -0.290. The predicted molar refractivity (Wildman–Crippen MR) is 56.6 cm³/mol. The van der Waals surface area contributed by atoms with Gasteiger partial charge in [0.25, 0.3) is 0 Å². The Morgan fingerprint density at radius 1 is 1.57 bits per heavy atom. The van der Waals surface area contributed by atoms with Gasteiger partial charge in [-0.1, -0.05) is 11.6 Å². The summed E-state index contributed by atoms with van der Waals surface area (Å²) in [5.74, 6) is 0. The van der Waals surface area contributed by atoms with Gasteiger partial charge in [-0.2, -0.15) is 0 Å². The zero-order valence-electron chi connectivity index (χ0n) is 8.09. The zero-order valence-corrected chi connectivity index (χ0v) is 9.60. The van der Waals surface area contributed by atoms with Gasteiger partial charge in [0.2, 0.25) is 5.28 Å². The number of nitrogens with one attached hydrogen (secondary N) is 1. The third kappa shape index (κ3) is 2.85. The second-order valence-electron chi connectivity index (χ2n) is 3.16. The minimum Gasteiger partial charge on any atom is -0.392 e. The highest BCUT2D eigenvalue weighted by atomic mass is 35.5. The first-order valence-electron chi connectivity index (χ1n) is 4.27. The topological polar surface area (TPSA) is 50.1 Å². The van der Waals surface area contributed by atoms with Crippen LogP contribution in [0.15, 0.2) is 0 Å². The molecule has 0 fully saturated rings. The van der Waals surface area contributed by atoms with Gasteiger partial charge in [0.15, 0.2) is 5.15 Å². The summed E-state index contributed by atoms with van der Waals surface area (Å²) in [6.07, 6.45) is -0.377. The van der Waals surface area contributed by atoms with E-state index in [2.05, 4.69) is 10.3 Å². The number of hydrogen-bond acceptors (Lipinski definition) is 3. The van der Waals surface area contributed by atoms with Gasteiger partial charge in [-0.3, -0.25) is 0 Å². The summed E-state index contributed by atoms with van der Waals surface area (Å²) in [4.78, 5) is 3.90. The van der Waals surface area contributed by atoms with E-state index >= 15 is 0 Å². The molecule has 0 saturated heterocycles. The average Bonchev–Trinajstić information content (AvgIpc) is 2.31. The highest BCUT2D eigenvalue weighted by Gasteiger charge is 2.10. The van der Waals surface area contributed by atoms with E-state index < -0.39 is 0 Å². The molecule has 0 aliphatic carbocycles. The Kier molecular flexibility index (Phi) is 4.19. The molecule has 6 heteroatoms. The standard InChI is InChI=1S/C8H13Cl2N3O/c1-5(14)3-11-4-6-7(9)12-8(10)13(6)2/h5,11,14H,3-4H2,1-2H3/t5-/m0/s1. The fourth-order valence-electron chi connectivity index (χ4n) is 1.06. The van der Waals surface area contributed by atoms with Gasteiger partial charge in [0.05, 0.1) is 11.8 Å². The third-order valence-corrected chi connectivity index (χ3v) is 2.48. The summed E-state index contributed by atoms with van der Waals surface area (Å²) in [6, 6.07) is 0. The van der Waals surface area contributed by atoms with Crippen LogP contribution in [0.3, 0.4) is 0 Å². The number of nitrogens with zero attached hydrogens (tertiary/aromatic N) is 2. The van der Waals surface area contributed by atoms with E-state index in [9.17, 15) is 0 Å². The molecule has 80 valence electrons. The van der Waals surface area contributed by atoms with Crippen LogP contribution in [0.2, 0.25) is 10.4 Å². The fraction of sp³-hybridized carbons (Fsp3) is 0.625. The van der Waals surface area contributed by atoms with E-state index in [0.29, 0.717) is 23.5 Å². The van der Waals surface area contributed by atoms with Crippen LogP contribution < -0.4 is 5.32 Å². The molecule has 1 heterocycles. The lowest BCUT2D eigenvalue weighted by molar-refractivity contribution is 0.190. The molecule has 1 aromatic rings. The molecule has 1 rings (SSSR count). The predicted octanol–water partition coefficient (Wildman–Crippen LogP) is 1.20. The molecule has 0 spiro atoms. The summed E-state index contributed by atoms with van der Waals surface area (Å²) < 4.78 is 1.71. The minimum absolute atomic E-state index is 0.365. The van der Waals surface area contributed by atoms with Crippen LogP contribution in [0.25, 0.3) is 0 Å². The van der Waals surface area contributed by atoms with Gasteiger partial charge in [0.1, 0.15) is 0 Å². The van der Waals surface area contributed by atoms with E-state index in [1.807, 2.05) is 0 Å². The van der Waals surface area contributed by atoms with Gasteiger partial charge in [-0.15, -0.1) is 0 Å². The second-order valence-corrected chi connectivity index (χ2v) is 3.85. The monoisotopic (exact) mass is 237 g/mol. The van der Waals surface area contributed by atoms with Crippen molar-refractivity contribution < 1.29 is 5.11 Å². The van der Waals surface area contributed by atoms with Crippen molar-refractivity contribution in [1.82, 2.24) is 14.9 Å². The summed E-state index contributed by atoms with van der Waals surface area (Å²) in [5.41, 5.74) is 0.817. The normalized spacial score (nSPS) is 13.2. The quantitative estimate of drug-likeness (QED) is 0.828. The van der Waals surface area contributed by atoms with Crippen LogP contribution >= 0.6 is 23.2 Å². The molecule has 0 saturated carbocycles. The number of halogens is 2. The lowest BCUT2D eigenvalue weighted by atomic mass is 10.4. The van der Waals surface area contributed by atoms with Gasteiger partial charge < -0.3 is 15.0 Å². The van der Waals surface area contributed by atoms with Crippen molar-refractivity contribution in [3.63, 3.8) is 0 Å². The molecule has 14 heavy (non-hydrogen) atoms. The largest absolute Gasteiger partial charge is 0.392 e. The SMILES string of the molecule is C[C@H](O)CNCc1c(Cl)nc(Cl)n1C. The Balaban J connectivity index is 2.58. The molecular formula is C8H13Cl2N3O. The molecule has 0 amide bonds. The molecule has 4 nitrogen and oxygen atoms in total. The minimum atomic E-state index is -0.377. The first-order valence-corrected chi connectivity index (χ1v) is 5.03. The molecular weight excluding hydrogens is 225 g/mol. The third-order valence-electron chi connectivity index (χ3n) is 1.84. The Morgan fingerprint density at radius 2 is 2.21 bits per heavy atom. The lowest BCUT2D eigenvalue weighted by Crippen LogP contribution is -2.24. The van der Waals surface area contributed by atoms with Gasteiger partial charge >= 0.3 is 0 Å². The maximum Gasteiger partial charge on any atom is 0.204 e. The molecule has 0 bridgehead atoms. The van der Waals surface area contributed by atoms with E-state index in [1.165, 1.54) is 0 Å². The van der Waals surface area contributed by atoms with Crippen molar-refractivity contribution in [2.24, 2.45) is 7.05 Å². The molecule has 0 aromatic carbocycles. The van der Waals surface area contributed by atoms with Gasteiger partial charge in [-0.25, -0.2) is 4.98 Å². The van der Waals surface area contributed by atoms with E-state index in [4.69, 9.17) is 28.3 Å². The maximum absolute atomic E-state index is 9.03. The van der Waals surface area contributed by atoms with Crippen molar-refractivity contribution >= 4 is 23.2 Å². The van der Waals surface area contributed by atoms with Crippen LogP contribution in [0.1, 0.15) is 12.6 Å². The molecule has 0 aliphatic heterocycles. The zero-order chi connectivity index (χ0) is 10.7. The number of imidazole rings is 1. The summed E-state index contributed by atoms with van der Waals surface area (Å²) >= 11 is 11.6. The van der Waals surface area contributed by atoms with Crippen molar-refractivity contribution in [3.05, 3.63) is 16.1 Å². The van der Waals surface area contributed by atoms with Crippen molar-refractivity contribution in [3.8, 4) is 0 Å². The molecule has 0 aliphatic rings. The number of aliphatic hydroxyl groups is 1. The van der Waals surface area contributed by atoms with Crippen LogP contribution in [0.5, 0.6) is 0 Å². The first-order chi connectivity index (χ1) is 6.52. The van der Waals surface area contributed by atoms with Gasteiger partial charge in [-0.05, 0) is 18.5 Å². The van der Waals surface area contributed by atoms with Crippen LogP contribution in [0, 0.1) is 0 Å². The van der Waals surface area contributed by atoms with Crippen molar-refractivity contribution in [2.45, 2.75) is 19.6 Å². The van der Waals surface area contributed by atoms with E-state index in [-0.39, 0.29) is 6.10 Å². The van der Waals surface area contributed by atoms with Crippen LogP contribution in [-0.2, 0) is 13.6 Å². The second kappa shape index (κ2) is 4.98. The highest BCUT2D eigenvalue weighted by molar-refractivity contribution is 6.32. The highest BCUT2D eigenvalue weighted by Crippen LogP contribution is 2.18. The Bertz CT molecular complexity index is 312. The molecule has 1 atom stereocenters. The van der Waals surface area contributed by atoms with E-state index in [0.717, 1.165) is 5.69 Å². The molecule has 0 radical (unpaired) electrons.